The Balaban J connectivity index is 1.89. The second kappa shape index (κ2) is 5.35. The quantitative estimate of drug-likeness (QED) is 0.868. The summed E-state index contributed by atoms with van der Waals surface area (Å²) in [4.78, 5) is 18.9. The maximum absolute atomic E-state index is 12.8. The normalized spacial score (nSPS) is 18.2. The van der Waals surface area contributed by atoms with Crippen molar-refractivity contribution in [3.8, 4) is 0 Å². The number of aromatic nitrogens is 2. The van der Waals surface area contributed by atoms with Gasteiger partial charge in [0.15, 0.2) is 0 Å². The summed E-state index contributed by atoms with van der Waals surface area (Å²) in [5, 5.41) is 0. The molecule has 1 atom stereocenters. The van der Waals surface area contributed by atoms with E-state index in [2.05, 4.69) is 44.0 Å². The van der Waals surface area contributed by atoms with E-state index in [-0.39, 0.29) is 17.9 Å². The van der Waals surface area contributed by atoms with E-state index in [1.54, 1.807) is 6.33 Å². The maximum atomic E-state index is 12.8. The van der Waals surface area contributed by atoms with Crippen LogP contribution in [-0.4, -0.2) is 20.4 Å². The smallest absolute Gasteiger partial charge is 0.246 e. The van der Waals surface area contributed by atoms with Crippen LogP contribution in [0, 0.1) is 12.8 Å². The van der Waals surface area contributed by atoms with Gasteiger partial charge in [-0.3, -0.25) is 4.79 Å². The van der Waals surface area contributed by atoms with E-state index in [1.165, 1.54) is 11.1 Å². The van der Waals surface area contributed by atoms with Crippen molar-refractivity contribution in [3.05, 3.63) is 53.6 Å². The molecule has 0 N–H and O–H groups in total. The summed E-state index contributed by atoms with van der Waals surface area (Å²) in [5.41, 5.74) is 3.52. The zero-order valence-corrected chi connectivity index (χ0v) is 12.8. The van der Waals surface area contributed by atoms with Crippen LogP contribution in [0.4, 0.5) is 0 Å². The third-order valence-electron chi connectivity index (χ3n) is 4.05. The summed E-state index contributed by atoms with van der Waals surface area (Å²) in [6.45, 7) is 7.55. The van der Waals surface area contributed by atoms with Crippen LogP contribution in [0.2, 0.25) is 0 Å². The Bertz CT molecular complexity index is 660. The molecule has 1 aromatic carbocycles. The monoisotopic (exact) mass is 283 g/mol. The number of fused-ring (bicyclic) bond motifs is 1. The molecule has 4 nitrogen and oxygen atoms in total. The van der Waals surface area contributed by atoms with E-state index >= 15 is 0 Å². The van der Waals surface area contributed by atoms with E-state index in [0.29, 0.717) is 13.1 Å². The fourth-order valence-electron chi connectivity index (χ4n) is 3.06. The minimum atomic E-state index is -0.138. The molecule has 1 unspecified atom stereocenters. The van der Waals surface area contributed by atoms with Gasteiger partial charge >= 0.3 is 0 Å². The molecule has 0 saturated carbocycles. The number of nitrogens with zero attached hydrogens (tertiary/aromatic N) is 3. The Labute approximate surface area is 125 Å². The molecule has 4 heteroatoms. The van der Waals surface area contributed by atoms with Crippen molar-refractivity contribution >= 4 is 5.91 Å². The SMILES string of the molecule is Cc1cccc(CN2Cc3cncn3C(C(C)C)C2=O)c1. The fourth-order valence-corrected chi connectivity index (χ4v) is 3.06. The lowest BCUT2D eigenvalue weighted by atomic mass is 9.99. The van der Waals surface area contributed by atoms with Crippen molar-refractivity contribution in [2.75, 3.05) is 0 Å². The number of hydrogen-bond donors (Lipinski definition) is 0. The van der Waals surface area contributed by atoms with Gasteiger partial charge in [0.2, 0.25) is 5.91 Å². The van der Waals surface area contributed by atoms with Crippen LogP contribution >= 0.6 is 0 Å². The van der Waals surface area contributed by atoms with E-state index < -0.39 is 0 Å². The van der Waals surface area contributed by atoms with E-state index in [9.17, 15) is 4.79 Å². The second-order valence-electron chi connectivity index (χ2n) is 6.16. The number of amides is 1. The van der Waals surface area contributed by atoms with Gasteiger partial charge in [0, 0.05) is 12.7 Å². The van der Waals surface area contributed by atoms with Crippen molar-refractivity contribution in [2.45, 2.75) is 39.9 Å². The Morgan fingerprint density at radius 2 is 2.19 bits per heavy atom. The predicted molar refractivity (Wildman–Crippen MR) is 81.5 cm³/mol. The minimum absolute atomic E-state index is 0.138. The van der Waals surface area contributed by atoms with Gasteiger partial charge in [-0.2, -0.15) is 0 Å². The van der Waals surface area contributed by atoms with Gasteiger partial charge < -0.3 is 9.47 Å². The number of hydrogen-bond acceptors (Lipinski definition) is 2. The van der Waals surface area contributed by atoms with Crippen LogP contribution in [0.3, 0.4) is 0 Å². The zero-order chi connectivity index (χ0) is 15.0. The van der Waals surface area contributed by atoms with Crippen LogP contribution < -0.4 is 0 Å². The molecule has 110 valence electrons. The first-order chi connectivity index (χ1) is 10.1. The molecule has 1 aromatic heterocycles. The number of rotatable bonds is 3. The molecule has 0 aliphatic carbocycles. The molecule has 21 heavy (non-hydrogen) atoms. The first-order valence-corrected chi connectivity index (χ1v) is 7.41. The molecule has 0 spiro atoms. The average Bonchev–Trinajstić information content (AvgIpc) is 2.86. The largest absolute Gasteiger partial charge is 0.331 e. The number of aryl methyl sites for hydroxylation is 1. The number of carbonyl (C=O) groups is 1. The lowest BCUT2D eigenvalue weighted by Gasteiger charge is -2.35. The molecular formula is C17H21N3O. The first kappa shape index (κ1) is 13.9. The Morgan fingerprint density at radius 1 is 1.38 bits per heavy atom. The summed E-state index contributed by atoms with van der Waals surface area (Å²) in [6.07, 6.45) is 3.65. The number of imidazole rings is 1. The summed E-state index contributed by atoms with van der Waals surface area (Å²) in [6, 6.07) is 8.21. The van der Waals surface area contributed by atoms with Crippen molar-refractivity contribution in [2.24, 2.45) is 5.92 Å². The predicted octanol–water partition coefficient (Wildman–Crippen LogP) is 2.93. The molecule has 0 fully saturated rings. The molecule has 0 bridgehead atoms. The molecule has 1 aliphatic heterocycles. The molecule has 0 radical (unpaired) electrons. The molecular weight excluding hydrogens is 262 g/mol. The standard InChI is InChI=1S/C17H21N3O/c1-12(2)16-17(21)19(10-15-8-18-11-20(15)16)9-14-6-4-5-13(3)7-14/h4-8,11-12,16H,9-10H2,1-3H3. The van der Waals surface area contributed by atoms with Gasteiger partial charge in [-0.05, 0) is 18.4 Å². The van der Waals surface area contributed by atoms with Gasteiger partial charge in [-0.1, -0.05) is 43.7 Å². The van der Waals surface area contributed by atoms with E-state index in [1.807, 2.05) is 21.7 Å². The third kappa shape index (κ3) is 2.58. The minimum Gasteiger partial charge on any atom is -0.331 e. The Kier molecular flexibility index (Phi) is 3.53. The molecule has 1 amide bonds. The topological polar surface area (TPSA) is 38.1 Å². The van der Waals surface area contributed by atoms with Crippen LogP contribution in [-0.2, 0) is 17.9 Å². The highest BCUT2D eigenvalue weighted by Gasteiger charge is 2.34. The Morgan fingerprint density at radius 3 is 2.90 bits per heavy atom. The van der Waals surface area contributed by atoms with Crippen LogP contribution in [0.25, 0.3) is 0 Å². The van der Waals surface area contributed by atoms with Crippen molar-refractivity contribution in [3.63, 3.8) is 0 Å². The molecule has 0 saturated heterocycles. The molecule has 1 aliphatic rings. The summed E-state index contributed by atoms with van der Waals surface area (Å²) < 4.78 is 2.03. The summed E-state index contributed by atoms with van der Waals surface area (Å²) in [5.74, 6) is 0.447. The average molecular weight is 283 g/mol. The highest BCUT2D eigenvalue weighted by Crippen LogP contribution is 2.29. The Hall–Kier alpha value is -2.10. The van der Waals surface area contributed by atoms with E-state index in [4.69, 9.17) is 0 Å². The molecule has 2 heterocycles. The number of carbonyl (C=O) groups excluding carboxylic acids is 1. The summed E-state index contributed by atoms with van der Waals surface area (Å²) in [7, 11) is 0. The molecule has 2 aromatic rings. The van der Waals surface area contributed by atoms with Crippen LogP contribution in [0.5, 0.6) is 0 Å². The van der Waals surface area contributed by atoms with Gasteiger partial charge in [0.25, 0.3) is 0 Å². The lowest BCUT2D eigenvalue weighted by molar-refractivity contribution is -0.139. The lowest BCUT2D eigenvalue weighted by Crippen LogP contribution is -2.43. The highest BCUT2D eigenvalue weighted by atomic mass is 16.2. The zero-order valence-electron chi connectivity index (χ0n) is 12.8. The van der Waals surface area contributed by atoms with Crippen LogP contribution in [0.15, 0.2) is 36.8 Å². The fraction of sp³-hybridized carbons (Fsp3) is 0.412. The van der Waals surface area contributed by atoms with Crippen molar-refractivity contribution in [1.82, 2.24) is 14.5 Å². The first-order valence-electron chi connectivity index (χ1n) is 7.41. The van der Waals surface area contributed by atoms with Crippen molar-refractivity contribution in [1.29, 1.82) is 0 Å². The maximum Gasteiger partial charge on any atom is 0.246 e. The van der Waals surface area contributed by atoms with Gasteiger partial charge in [-0.15, -0.1) is 0 Å². The van der Waals surface area contributed by atoms with Gasteiger partial charge in [-0.25, -0.2) is 4.98 Å². The van der Waals surface area contributed by atoms with Gasteiger partial charge in [0.05, 0.1) is 18.6 Å². The van der Waals surface area contributed by atoms with Gasteiger partial charge in [0.1, 0.15) is 6.04 Å². The van der Waals surface area contributed by atoms with E-state index in [0.717, 1.165) is 5.69 Å². The highest BCUT2D eigenvalue weighted by molar-refractivity contribution is 5.81. The summed E-state index contributed by atoms with van der Waals surface area (Å²) >= 11 is 0. The van der Waals surface area contributed by atoms with Crippen LogP contribution in [0.1, 0.15) is 36.7 Å². The number of benzene rings is 1. The third-order valence-corrected chi connectivity index (χ3v) is 4.05. The second-order valence-corrected chi connectivity index (χ2v) is 6.16. The van der Waals surface area contributed by atoms with Crippen molar-refractivity contribution < 1.29 is 4.79 Å². The molecule has 3 rings (SSSR count).